The Kier molecular flexibility index (Phi) is 9.36. The third-order valence-corrected chi connectivity index (χ3v) is 9.44. The van der Waals surface area contributed by atoms with Crippen LogP contribution < -0.4 is 9.47 Å². The van der Waals surface area contributed by atoms with Gasteiger partial charge in [-0.15, -0.1) is 9.14 Å². The van der Waals surface area contributed by atoms with Crippen molar-refractivity contribution in [1.29, 1.82) is 0 Å². The molecule has 0 unspecified atom stereocenters. The lowest BCUT2D eigenvalue weighted by molar-refractivity contribution is -0.605. The average Bonchev–Trinajstić information content (AvgIpc) is 2.94. The number of fused-ring (bicyclic) bond motifs is 1. The molecule has 0 bridgehead atoms. The zero-order valence-electron chi connectivity index (χ0n) is 24.4. The molecule has 0 aliphatic carbocycles. The van der Waals surface area contributed by atoms with Gasteiger partial charge in [-0.05, 0) is 62.4 Å². The Morgan fingerprint density at radius 3 is 1.88 bits per heavy atom. The number of allylic oxidation sites excluding steroid dienone is 2. The van der Waals surface area contributed by atoms with Crippen LogP contribution in [0.5, 0.6) is 0 Å². The molecule has 2 heterocycles. The van der Waals surface area contributed by atoms with Gasteiger partial charge in [-0.1, -0.05) is 38.8 Å². The summed E-state index contributed by atoms with van der Waals surface area (Å²) >= 11 is 0. The summed E-state index contributed by atoms with van der Waals surface area (Å²) < 4.78 is 77.4. The summed E-state index contributed by atoms with van der Waals surface area (Å²) in [5, 5.41) is 0.624. The molecule has 0 saturated carbocycles. The molecular formula is C31H37N3O6S2. The summed E-state index contributed by atoms with van der Waals surface area (Å²) in [4.78, 5) is 1.12. The van der Waals surface area contributed by atoms with E-state index in [4.69, 9.17) is 0 Å². The van der Waals surface area contributed by atoms with E-state index < -0.39 is 30.0 Å². The highest BCUT2D eigenvalue weighted by Gasteiger charge is 2.36. The van der Waals surface area contributed by atoms with Crippen LogP contribution in [0.25, 0.3) is 10.8 Å². The first-order chi connectivity index (χ1) is 19.9. The van der Waals surface area contributed by atoms with Gasteiger partial charge in [0.15, 0.2) is 24.8 Å². The molecule has 0 amide bonds. The van der Waals surface area contributed by atoms with Gasteiger partial charge >= 0.3 is 5.84 Å². The lowest BCUT2D eigenvalue weighted by Crippen LogP contribution is -2.48. The van der Waals surface area contributed by atoms with Gasteiger partial charge in [0.05, 0.1) is 9.79 Å². The number of hydrogen-bond acceptors (Lipinski definition) is 7. The van der Waals surface area contributed by atoms with E-state index in [1.807, 2.05) is 38.4 Å². The zero-order chi connectivity index (χ0) is 30.7. The van der Waals surface area contributed by atoms with Crippen molar-refractivity contribution < 1.29 is 35.1 Å². The highest BCUT2D eigenvalue weighted by Crippen LogP contribution is 2.36. The maximum atomic E-state index is 12.7. The number of anilines is 1. The molecule has 0 spiro atoms. The number of aromatic nitrogens is 1. The Morgan fingerprint density at radius 2 is 1.38 bits per heavy atom. The zero-order valence-corrected chi connectivity index (χ0v) is 26.0. The quantitative estimate of drug-likeness (QED) is 0.185. The van der Waals surface area contributed by atoms with Gasteiger partial charge in [0.2, 0.25) is 0 Å². The summed E-state index contributed by atoms with van der Waals surface area (Å²) in [6, 6.07) is 10.2. The van der Waals surface area contributed by atoms with Crippen LogP contribution in [0.1, 0.15) is 58.9 Å². The lowest BCUT2D eigenvalue weighted by Gasteiger charge is -2.26. The summed E-state index contributed by atoms with van der Waals surface area (Å²) in [5.41, 5.74) is 0.791. The van der Waals surface area contributed by atoms with E-state index in [2.05, 4.69) is 30.9 Å². The Bertz CT molecular complexity index is 1740. The fourth-order valence-electron chi connectivity index (χ4n) is 5.72. The molecule has 0 fully saturated rings. The van der Waals surface area contributed by atoms with Crippen molar-refractivity contribution in [3.05, 3.63) is 85.0 Å². The molecule has 9 nitrogen and oxygen atoms in total. The molecule has 1 aliphatic heterocycles. The van der Waals surface area contributed by atoms with Crippen molar-refractivity contribution in [1.82, 2.24) is 0 Å². The standard InChI is InChI=1S/C31H37N3O6S2/c1-5-15-31(16-6-2)17-21-34(22-18-31)30(33-19-13-25(14-20-33)32(7-3)8-4)29-27-23-26(41(35,36)37)11-9-24(27)10-12-28(29)42(38,39)40/h9-14,17-23H,5-8,15-16H2,1-4H3. The van der Waals surface area contributed by atoms with Crippen LogP contribution >= 0.6 is 0 Å². The Hall–Kier alpha value is -3.38. The summed E-state index contributed by atoms with van der Waals surface area (Å²) in [7, 11) is -9.89. The highest BCUT2D eigenvalue weighted by molar-refractivity contribution is 7.86. The first-order valence-electron chi connectivity index (χ1n) is 14.2. The van der Waals surface area contributed by atoms with Crippen LogP contribution in [-0.2, 0) is 20.2 Å². The molecule has 0 atom stereocenters. The molecule has 11 heteroatoms. The first kappa shape index (κ1) is 31.6. The van der Waals surface area contributed by atoms with E-state index in [1.54, 1.807) is 21.5 Å². The Balaban J connectivity index is 2.12. The lowest BCUT2D eigenvalue weighted by atomic mass is 9.78. The molecule has 0 radical (unpaired) electrons. The monoisotopic (exact) mass is 611 g/mol. The van der Waals surface area contributed by atoms with Gasteiger partial charge in [0.25, 0.3) is 0 Å². The Labute approximate surface area is 248 Å². The van der Waals surface area contributed by atoms with Crippen LogP contribution in [0.15, 0.2) is 89.2 Å². The molecule has 1 aliphatic rings. The van der Waals surface area contributed by atoms with Gasteiger partial charge in [0.1, 0.15) is 25.8 Å². The van der Waals surface area contributed by atoms with Gasteiger partial charge in [-0.25, -0.2) is 16.8 Å². The second kappa shape index (κ2) is 12.5. The molecule has 224 valence electrons. The minimum absolute atomic E-state index is 0.00127. The van der Waals surface area contributed by atoms with Crippen molar-refractivity contribution in [2.75, 3.05) is 18.0 Å². The molecule has 0 N–H and O–H groups in total. The van der Waals surface area contributed by atoms with Crippen molar-refractivity contribution in [3.63, 3.8) is 0 Å². The SMILES string of the molecule is CCCC1(CCC)C=C[N+](=C(c2c(S(=O)(=O)[O-])ccc3ccc(S(=O)(=O)[O-])cc23)[n+]2ccc(N(CC)CC)cc2)C=C1. The van der Waals surface area contributed by atoms with Crippen LogP contribution in [0.4, 0.5) is 5.69 Å². The summed E-state index contributed by atoms with van der Waals surface area (Å²) in [6.07, 6.45) is 15.3. The summed E-state index contributed by atoms with van der Waals surface area (Å²) in [6.45, 7) is 9.93. The van der Waals surface area contributed by atoms with Crippen LogP contribution in [0, 0.1) is 5.41 Å². The van der Waals surface area contributed by atoms with E-state index in [1.165, 1.54) is 24.3 Å². The smallest absolute Gasteiger partial charge is 0.463 e. The van der Waals surface area contributed by atoms with Gasteiger partial charge in [0, 0.05) is 41.7 Å². The van der Waals surface area contributed by atoms with Gasteiger partial charge in [-0.2, -0.15) is 0 Å². The number of rotatable bonds is 10. The molecule has 4 rings (SSSR count). The summed E-state index contributed by atoms with van der Waals surface area (Å²) in [5.74, 6) is 0.302. The number of pyridine rings is 1. The van der Waals surface area contributed by atoms with Crippen LogP contribution in [0.2, 0.25) is 0 Å². The van der Waals surface area contributed by atoms with Crippen LogP contribution in [0.3, 0.4) is 0 Å². The van der Waals surface area contributed by atoms with E-state index in [0.29, 0.717) is 11.2 Å². The molecular weight excluding hydrogens is 574 g/mol. The molecule has 3 aromatic rings. The van der Waals surface area contributed by atoms with Gasteiger partial charge in [-0.3, -0.25) is 0 Å². The maximum absolute atomic E-state index is 12.7. The predicted molar refractivity (Wildman–Crippen MR) is 160 cm³/mol. The van der Waals surface area contributed by atoms with E-state index in [0.717, 1.165) is 50.5 Å². The second-order valence-corrected chi connectivity index (χ2v) is 13.2. The van der Waals surface area contributed by atoms with Crippen molar-refractivity contribution >= 4 is 42.5 Å². The average molecular weight is 612 g/mol. The van der Waals surface area contributed by atoms with Crippen molar-refractivity contribution in [2.45, 2.75) is 63.2 Å². The van der Waals surface area contributed by atoms with E-state index >= 15 is 0 Å². The highest BCUT2D eigenvalue weighted by atomic mass is 32.2. The maximum Gasteiger partial charge on any atom is 0.463 e. The molecule has 1 aromatic heterocycles. The van der Waals surface area contributed by atoms with Crippen molar-refractivity contribution in [3.8, 4) is 0 Å². The molecule has 42 heavy (non-hydrogen) atoms. The predicted octanol–water partition coefficient (Wildman–Crippen LogP) is 4.72. The fourth-order valence-corrected chi connectivity index (χ4v) is 6.90. The minimum atomic E-state index is -5.03. The topological polar surface area (TPSA) is 125 Å². The molecule has 0 saturated heterocycles. The fraction of sp³-hybridized carbons (Fsp3) is 0.355. The largest absolute Gasteiger partial charge is 0.744 e. The number of hydrogen-bond donors (Lipinski definition) is 0. The number of benzene rings is 2. The van der Waals surface area contributed by atoms with E-state index in [9.17, 15) is 25.9 Å². The minimum Gasteiger partial charge on any atom is -0.744 e. The number of nitrogens with zero attached hydrogens (tertiary/aromatic N) is 3. The Morgan fingerprint density at radius 1 is 0.810 bits per heavy atom. The van der Waals surface area contributed by atoms with Gasteiger partial charge < -0.3 is 14.0 Å². The van der Waals surface area contributed by atoms with Crippen molar-refractivity contribution in [2.24, 2.45) is 5.41 Å². The first-order valence-corrected chi connectivity index (χ1v) is 17.0. The van der Waals surface area contributed by atoms with E-state index in [-0.39, 0.29) is 16.4 Å². The second-order valence-electron chi connectivity index (χ2n) is 10.5. The molecule has 2 aromatic carbocycles. The van der Waals surface area contributed by atoms with Crippen LogP contribution in [-0.4, -0.2) is 49.4 Å². The third kappa shape index (κ3) is 6.49. The third-order valence-electron chi connectivity index (χ3n) is 7.73. The normalized spacial score (nSPS) is 14.9.